The highest BCUT2D eigenvalue weighted by atomic mass is 16.5. The average molecular weight is 320 g/mol. The third-order valence-corrected chi connectivity index (χ3v) is 3.90. The van der Waals surface area contributed by atoms with Gasteiger partial charge in [0, 0.05) is 0 Å². The van der Waals surface area contributed by atoms with Gasteiger partial charge in [-0.3, -0.25) is 9.36 Å². The Bertz CT molecular complexity index is 928. The van der Waals surface area contributed by atoms with Gasteiger partial charge in [0.05, 0.1) is 23.8 Å². The maximum Gasteiger partial charge on any atom is 0.261 e. The number of aryl methyl sites for hydroxylation is 1. The molecular weight excluding hydrogens is 300 g/mol. The highest BCUT2D eigenvalue weighted by Gasteiger charge is 2.05. The number of hydrogen-bond acceptors (Lipinski definition) is 3. The molecular formula is C20H20N2O2. The number of nitrogens with zero attached hydrogens (tertiary/aromatic N) is 2. The number of hydrogen-bond donors (Lipinski definition) is 0. The maximum absolute atomic E-state index is 12.4. The highest BCUT2D eigenvalue weighted by molar-refractivity contribution is 5.76. The van der Waals surface area contributed by atoms with Crippen molar-refractivity contribution in [2.75, 3.05) is 6.61 Å². The summed E-state index contributed by atoms with van der Waals surface area (Å²) in [5.41, 5.74) is 2.97. The molecule has 24 heavy (non-hydrogen) atoms. The molecule has 3 aromatic rings. The summed E-state index contributed by atoms with van der Waals surface area (Å²) in [4.78, 5) is 16.8. The van der Waals surface area contributed by atoms with Crippen LogP contribution in [0, 0.1) is 6.92 Å². The van der Waals surface area contributed by atoms with Crippen molar-refractivity contribution < 1.29 is 4.74 Å². The third kappa shape index (κ3) is 3.38. The first-order chi connectivity index (χ1) is 11.7. The Morgan fingerprint density at radius 1 is 1.25 bits per heavy atom. The van der Waals surface area contributed by atoms with Gasteiger partial charge >= 0.3 is 0 Å². The summed E-state index contributed by atoms with van der Waals surface area (Å²) in [5.74, 6) is 0.835. The molecule has 0 amide bonds. The lowest BCUT2D eigenvalue weighted by Gasteiger charge is -2.12. The molecule has 0 bridgehead atoms. The standard InChI is InChI=1S/C20H20N2O2/c1-3-6-16-13-15(2)9-10-19(16)24-12-11-22-14-21-18-8-5-4-7-17(18)20(22)23/h3-5,7-10,13-14H,1,6,11-12H2,2H3. The van der Waals surface area contributed by atoms with E-state index < -0.39 is 0 Å². The first-order valence-electron chi connectivity index (χ1n) is 7.96. The van der Waals surface area contributed by atoms with Gasteiger partial charge < -0.3 is 4.74 Å². The van der Waals surface area contributed by atoms with E-state index in [2.05, 4.69) is 24.6 Å². The summed E-state index contributed by atoms with van der Waals surface area (Å²) in [6.07, 6.45) is 4.20. The SMILES string of the molecule is C=CCc1cc(C)ccc1OCCn1cnc2ccccc2c1=O. The van der Waals surface area contributed by atoms with Gasteiger partial charge in [0.15, 0.2) is 0 Å². The Kier molecular flexibility index (Phi) is 4.75. The number of rotatable bonds is 6. The molecule has 0 N–H and O–H groups in total. The van der Waals surface area contributed by atoms with Crippen LogP contribution in [0.25, 0.3) is 10.9 Å². The lowest BCUT2D eigenvalue weighted by molar-refractivity contribution is 0.293. The second kappa shape index (κ2) is 7.13. The minimum atomic E-state index is -0.0422. The lowest BCUT2D eigenvalue weighted by Crippen LogP contribution is -2.23. The number of benzene rings is 2. The molecule has 0 atom stereocenters. The predicted molar refractivity (Wildman–Crippen MR) is 96.6 cm³/mol. The molecule has 0 aliphatic carbocycles. The van der Waals surface area contributed by atoms with Crippen LogP contribution in [0.5, 0.6) is 5.75 Å². The lowest BCUT2D eigenvalue weighted by atomic mass is 10.1. The second-order valence-corrected chi connectivity index (χ2v) is 5.71. The van der Waals surface area contributed by atoms with Crippen molar-refractivity contribution in [3.8, 4) is 5.75 Å². The van der Waals surface area contributed by atoms with Crippen LogP contribution in [0.3, 0.4) is 0 Å². The predicted octanol–water partition coefficient (Wildman–Crippen LogP) is 3.51. The van der Waals surface area contributed by atoms with Gasteiger partial charge in [-0.2, -0.15) is 0 Å². The van der Waals surface area contributed by atoms with E-state index in [1.807, 2.05) is 36.4 Å². The number of ether oxygens (including phenoxy) is 1. The minimum Gasteiger partial charge on any atom is -0.491 e. The maximum atomic E-state index is 12.4. The van der Waals surface area contributed by atoms with Crippen LogP contribution in [0.15, 0.2) is 66.2 Å². The summed E-state index contributed by atoms with van der Waals surface area (Å²) in [7, 11) is 0. The van der Waals surface area contributed by atoms with Crippen LogP contribution in [0.1, 0.15) is 11.1 Å². The van der Waals surface area contributed by atoms with E-state index in [0.717, 1.165) is 17.7 Å². The van der Waals surface area contributed by atoms with Crippen molar-refractivity contribution >= 4 is 10.9 Å². The van der Waals surface area contributed by atoms with Crippen LogP contribution >= 0.6 is 0 Å². The highest BCUT2D eigenvalue weighted by Crippen LogP contribution is 2.21. The summed E-state index contributed by atoms with van der Waals surface area (Å²) in [6.45, 7) is 6.70. The molecule has 122 valence electrons. The molecule has 0 unspecified atom stereocenters. The van der Waals surface area contributed by atoms with E-state index in [4.69, 9.17) is 4.74 Å². The molecule has 0 saturated carbocycles. The average Bonchev–Trinajstić information content (AvgIpc) is 2.59. The normalized spacial score (nSPS) is 10.7. The van der Waals surface area contributed by atoms with Crippen molar-refractivity contribution in [3.05, 3.63) is 82.9 Å². The number of aromatic nitrogens is 2. The molecule has 1 heterocycles. The fourth-order valence-corrected chi connectivity index (χ4v) is 2.68. The molecule has 0 saturated heterocycles. The van der Waals surface area contributed by atoms with Crippen LogP contribution in [-0.4, -0.2) is 16.2 Å². The van der Waals surface area contributed by atoms with Crippen LogP contribution in [0.4, 0.5) is 0 Å². The van der Waals surface area contributed by atoms with Gasteiger partial charge in [-0.05, 0) is 37.1 Å². The van der Waals surface area contributed by atoms with Crippen molar-refractivity contribution in [2.45, 2.75) is 19.9 Å². The topological polar surface area (TPSA) is 44.1 Å². The van der Waals surface area contributed by atoms with E-state index >= 15 is 0 Å². The summed E-state index contributed by atoms with van der Waals surface area (Å²) in [5, 5.41) is 0.627. The largest absolute Gasteiger partial charge is 0.491 e. The zero-order valence-corrected chi connectivity index (χ0v) is 13.7. The van der Waals surface area contributed by atoms with E-state index in [0.29, 0.717) is 24.1 Å². The minimum absolute atomic E-state index is 0.0422. The van der Waals surface area contributed by atoms with Gasteiger partial charge in [-0.1, -0.05) is 35.9 Å². The summed E-state index contributed by atoms with van der Waals surface area (Å²) in [6, 6.07) is 13.4. The Morgan fingerprint density at radius 3 is 2.92 bits per heavy atom. The molecule has 2 aromatic carbocycles. The summed E-state index contributed by atoms with van der Waals surface area (Å²) < 4.78 is 7.47. The number of allylic oxidation sites excluding steroid dienone is 1. The van der Waals surface area contributed by atoms with Crippen molar-refractivity contribution in [1.82, 2.24) is 9.55 Å². The molecule has 0 aliphatic heterocycles. The quantitative estimate of drug-likeness (QED) is 0.653. The van der Waals surface area contributed by atoms with Gasteiger partial charge in [0.1, 0.15) is 12.4 Å². The third-order valence-electron chi connectivity index (χ3n) is 3.90. The summed E-state index contributed by atoms with van der Waals surface area (Å²) >= 11 is 0. The Hall–Kier alpha value is -2.88. The Labute approximate surface area is 141 Å². The zero-order valence-electron chi connectivity index (χ0n) is 13.7. The number of para-hydroxylation sites is 1. The monoisotopic (exact) mass is 320 g/mol. The van der Waals surface area contributed by atoms with Gasteiger partial charge in [-0.25, -0.2) is 4.98 Å². The molecule has 1 aromatic heterocycles. The van der Waals surface area contributed by atoms with E-state index in [-0.39, 0.29) is 5.56 Å². The molecule has 0 fully saturated rings. The van der Waals surface area contributed by atoms with Crippen molar-refractivity contribution in [3.63, 3.8) is 0 Å². The van der Waals surface area contributed by atoms with Gasteiger partial charge in [-0.15, -0.1) is 6.58 Å². The molecule has 4 nitrogen and oxygen atoms in total. The number of fused-ring (bicyclic) bond motifs is 1. The Morgan fingerprint density at radius 2 is 2.08 bits per heavy atom. The fraction of sp³-hybridized carbons (Fsp3) is 0.200. The molecule has 0 radical (unpaired) electrons. The van der Waals surface area contributed by atoms with Crippen molar-refractivity contribution in [2.24, 2.45) is 0 Å². The fourth-order valence-electron chi connectivity index (χ4n) is 2.68. The second-order valence-electron chi connectivity index (χ2n) is 5.71. The molecule has 0 aliphatic rings. The van der Waals surface area contributed by atoms with Gasteiger partial charge in [0.2, 0.25) is 0 Å². The van der Waals surface area contributed by atoms with Gasteiger partial charge in [0.25, 0.3) is 5.56 Å². The van der Waals surface area contributed by atoms with Crippen LogP contribution < -0.4 is 10.3 Å². The van der Waals surface area contributed by atoms with E-state index in [9.17, 15) is 4.79 Å². The first kappa shape index (κ1) is 16.0. The molecule has 4 heteroatoms. The first-order valence-corrected chi connectivity index (χ1v) is 7.96. The smallest absolute Gasteiger partial charge is 0.261 e. The molecule has 3 rings (SSSR count). The van der Waals surface area contributed by atoms with Crippen LogP contribution in [0.2, 0.25) is 0 Å². The zero-order chi connectivity index (χ0) is 16.9. The Balaban J connectivity index is 1.74. The van der Waals surface area contributed by atoms with E-state index in [1.54, 1.807) is 17.0 Å². The van der Waals surface area contributed by atoms with E-state index in [1.165, 1.54) is 5.56 Å². The molecule has 0 spiro atoms. The van der Waals surface area contributed by atoms with Crippen LogP contribution in [-0.2, 0) is 13.0 Å². The van der Waals surface area contributed by atoms with Crippen molar-refractivity contribution in [1.29, 1.82) is 0 Å².